The van der Waals surface area contributed by atoms with Crippen molar-refractivity contribution in [3.63, 3.8) is 0 Å². The number of amides is 1. The summed E-state index contributed by atoms with van der Waals surface area (Å²) in [5, 5.41) is 22.8. The van der Waals surface area contributed by atoms with Gasteiger partial charge in [0.05, 0.1) is 18.8 Å². The molecule has 0 aliphatic carbocycles. The topological polar surface area (TPSA) is 69.6 Å². The molecule has 4 heteroatoms. The van der Waals surface area contributed by atoms with Crippen LogP contribution in [0.25, 0.3) is 0 Å². The molecular formula is C36H69NO3. The zero-order valence-corrected chi connectivity index (χ0v) is 26.9. The summed E-state index contributed by atoms with van der Waals surface area (Å²) in [5.41, 5.74) is 0. The van der Waals surface area contributed by atoms with Crippen LogP contribution in [0.3, 0.4) is 0 Å². The number of allylic oxidation sites excluding steroid dienone is 3. The number of rotatable bonds is 31. The number of hydrogen-bond acceptors (Lipinski definition) is 3. The second-order valence-corrected chi connectivity index (χ2v) is 11.9. The third kappa shape index (κ3) is 28.4. The first-order valence-electron chi connectivity index (χ1n) is 17.6. The van der Waals surface area contributed by atoms with Crippen LogP contribution in [0.1, 0.15) is 181 Å². The van der Waals surface area contributed by atoms with Crippen LogP contribution >= 0.6 is 0 Å². The van der Waals surface area contributed by atoms with Gasteiger partial charge in [-0.25, -0.2) is 0 Å². The molecule has 2 atom stereocenters. The number of hydrogen-bond donors (Lipinski definition) is 3. The third-order valence-electron chi connectivity index (χ3n) is 7.93. The van der Waals surface area contributed by atoms with E-state index in [4.69, 9.17) is 0 Å². The molecule has 0 aromatic heterocycles. The lowest BCUT2D eigenvalue weighted by atomic mass is 10.0. The lowest BCUT2D eigenvalue weighted by Gasteiger charge is -2.20. The quantitative estimate of drug-likeness (QED) is 0.0580. The molecule has 0 fully saturated rings. The monoisotopic (exact) mass is 564 g/mol. The van der Waals surface area contributed by atoms with Crippen LogP contribution in [0.2, 0.25) is 0 Å². The van der Waals surface area contributed by atoms with Gasteiger partial charge in [0.15, 0.2) is 0 Å². The predicted molar refractivity (Wildman–Crippen MR) is 175 cm³/mol. The molecule has 0 rings (SSSR count). The molecule has 0 radical (unpaired) electrons. The van der Waals surface area contributed by atoms with E-state index in [9.17, 15) is 15.0 Å². The van der Waals surface area contributed by atoms with Gasteiger partial charge in [0.25, 0.3) is 0 Å². The molecule has 0 aliphatic rings. The minimum Gasteiger partial charge on any atom is -0.394 e. The smallest absolute Gasteiger partial charge is 0.220 e. The molecule has 3 N–H and O–H groups in total. The first-order chi connectivity index (χ1) is 19.7. The minimum absolute atomic E-state index is 0.0710. The molecule has 0 unspecified atom stereocenters. The van der Waals surface area contributed by atoms with Crippen LogP contribution in [0, 0.1) is 0 Å². The van der Waals surface area contributed by atoms with Gasteiger partial charge in [-0.2, -0.15) is 0 Å². The van der Waals surface area contributed by atoms with Crippen LogP contribution in [-0.2, 0) is 4.79 Å². The Bertz CT molecular complexity index is 574. The van der Waals surface area contributed by atoms with Crippen LogP contribution in [0.5, 0.6) is 0 Å². The van der Waals surface area contributed by atoms with E-state index >= 15 is 0 Å². The van der Waals surface area contributed by atoms with E-state index < -0.39 is 12.1 Å². The maximum Gasteiger partial charge on any atom is 0.220 e. The van der Waals surface area contributed by atoms with Crippen molar-refractivity contribution in [2.45, 2.75) is 193 Å². The summed E-state index contributed by atoms with van der Waals surface area (Å²) >= 11 is 0. The zero-order chi connectivity index (χ0) is 29.4. The third-order valence-corrected chi connectivity index (χ3v) is 7.93. The number of aliphatic hydroxyl groups excluding tert-OH is 2. The van der Waals surface area contributed by atoms with Crippen molar-refractivity contribution in [1.29, 1.82) is 0 Å². The van der Waals surface area contributed by atoms with Gasteiger partial charge < -0.3 is 15.5 Å². The van der Waals surface area contributed by atoms with Crippen LogP contribution in [-0.4, -0.2) is 34.9 Å². The maximum atomic E-state index is 12.3. The summed E-state index contributed by atoms with van der Waals surface area (Å²) in [6, 6.07) is -0.619. The van der Waals surface area contributed by atoms with E-state index in [1.807, 2.05) is 6.08 Å². The van der Waals surface area contributed by atoms with E-state index in [2.05, 4.69) is 31.3 Å². The molecule has 0 bridgehead atoms. The first-order valence-corrected chi connectivity index (χ1v) is 17.6. The molecule has 0 saturated carbocycles. The van der Waals surface area contributed by atoms with Gasteiger partial charge in [0.1, 0.15) is 0 Å². The Kier molecular flexibility index (Phi) is 31.5. The Labute approximate surface area is 249 Å². The average Bonchev–Trinajstić information content (AvgIpc) is 2.96. The minimum atomic E-state index is -0.836. The fraction of sp³-hybridized carbons (Fsp3) is 0.861. The molecule has 1 amide bonds. The molecule has 0 aliphatic heterocycles. The van der Waals surface area contributed by atoms with Gasteiger partial charge in [-0.05, 0) is 44.9 Å². The largest absolute Gasteiger partial charge is 0.394 e. The Morgan fingerprint density at radius 3 is 1.40 bits per heavy atom. The SMILES string of the molecule is CCCCCCC=CCCCCCCCCCC(=O)N[C@@H](CO)[C@H](O)C=CCCCCCCCCCCCCC. The fourth-order valence-corrected chi connectivity index (χ4v) is 5.17. The molecule has 40 heavy (non-hydrogen) atoms. The van der Waals surface area contributed by atoms with Gasteiger partial charge in [0, 0.05) is 6.42 Å². The van der Waals surface area contributed by atoms with E-state index in [0.29, 0.717) is 6.42 Å². The standard InChI is InChI=1S/C36H69NO3/c1-3-5-7-9-11-13-15-17-18-20-22-24-26-28-30-32-36(40)37-34(33-38)35(39)31-29-27-25-23-21-19-16-14-12-10-8-6-4-2/h13,15,29,31,34-35,38-39H,3-12,14,16-28,30,32-33H2,1-2H3,(H,37,40)/t34-,35+/m0/s1. The van der Waals surface area contributed by atoms with Crippen molar-refractivity contribution in [3.8, 4) is 0 Å². The highest BCUT2D eigenvalue weighted by molar-refractivity contribution is 5.76. The van der Waals surface area contributed by atoms with Crippen molar-refractivity contribution in [2.75, 3.05) is 6.61 Å². The summed E-state index contributed by atoms with van der Waals surface area (Å²) in [5.74, 6) is -0.0710. The molecule has 0 saturated heterocycles. The highest BCUT2D eigenvalue weighted by Crippen LogP contribution is 2.13. The highest BCUT2D eigenvalue weighted by Gasteiger charge is 2.17. The van der Waals surface area contributed by atoms with E-state index in [1.165, 1.54) is 135 Å². The van der Waals surface area contributed by atoms with Gasteiger partial charge in [-0.15, -0.1) is 0 Å². The summed E-state index contributed by atoms with van der Waals surface area (Å²) in [6.45, 7) is 4.27. The molecule has 0 aromatic rings. The Morgan fingerprint density at radius 1 is 0.575 bits per heavy atom. The predicted octanol–water partition coefficient (Wildman–Crippen LogP) is 10.1. The summed E-state index contributed by atoms with van der Waals surface area (Å²) in [7, 11) is 0. The highest BCUT2D eigenvalue weighted by atomic mass is 16.3. The van der Waals surface area contributed by atoms with Gasteiger partial charge >= 0.3 is 0 Å². The van der Waals surface area contributed by atoms with Gasteiger partial charge in [0.2, 0.25) is 5.91 Å². The fourth-order valence-electron chi connectivity index (χ4n) is 5.17. The summed E-state index contributed by atoms with van der Waals surface area (Å²) < 4.78 is 0. The number of unbranched alkanes of at least 4 members (excludes halogenated alkanes) is 22. The molecular weight excluding hydrogens is 494 g/mol. The Hall–Kier alpha value is -1.13. The second-order valence-electron chi connectivity index (χ2n) is 11.9. The normalized spacial score (nSPS) is 13.4. The van der Waals surface area contributed by atoms with Crippen LogP contribution in [0.4, 0.5) is 0 Å². The summed E-state index contributed by atoms with van der Waals surface area (Å²) in [6.07, 6.45) is 39.6. The van der Waals surface area contributed by atoms with Crippen LogP contribution in [0.15, 0.2) is 24.3 Å². The van der Waals surface area contributed by atoms with E-state index in [-0.39, 0.29) is 12.5 Å². The molecule has 236 valence electrons. The number of carbonyl (C=O) groups excluding carboxylic acids is 1. The number of aliphatic hydroxyl groups is 2. The van der Waals surface area contributed by atoms with E-state index in [1.54, 1.807) is 6.08 Å². The van der Waals surface area contributed by atoms with Crippen molar-refractivity contribution in [2.24, 2.45) is 0 Å². The van der Waals surface area contributed by atoms with Gasteiger partial charge in [-0.3, -0.25) is 4.79 Å². The molecule has 0 heterocycles. The first kappa shape index (κ1) is 38.9. The summed E-state index contributed by atoms with van der Waals surface area (Å²) in [4.78, 5) is 12.3. The Balaban J connectivity index is 3.64. The number of carbonyl (C=O) groups is 1. The van der Waals surface area contributed by atoms with Crippen molar-refractivity contribution < 1.29 is 15.0 Å². The van der Waals surface area contributed by atoms with Gasteiger partial charge in [-0.1, -0.05) is 154 Å². The number of nitrogens with one attached hydrogen (secondary N) is 1. The van der Waals surface area contributed by atoms with Crippen molar-refractivity contribution >= 4 is 5.91 Å². The average molecular weight is 564 g/mol. The maximum absolute atomic E-state index is 12.3. The molecule has 0 spiro atoms. The van der Waals surface area contributed by atoms with Crippen molar-refractivity contribution in [3.05, 3.63) is 24.3 Å². The Morgan fingerprint density at radius 2 is 0.950 bits per heavy atom. The second kappa shape index (κ2) is 32.4. The lowest BCUT2D eigenvalue weighted by Crippen LogP contribution is -2.45. The van der Waals surface area contributed by atoms with E-state index in [0.717, 1.165) is 25.7 Å². The van der Waals surface area contributed by atoms with Crippen LogP contribution < -0.4 is 5.32 Å². The lowest BCUT2D eigenvalue weighted by molar-refractivity contribution is -0.123. The zero-order valence-electron chi connectivity index (χ0n) is 26.9. The van der Waals surface area contributed by atoms with Crippen molar-refractivity contribution in [1.82, 2.24) is 5.32 Å². The molecule has 0 aromatic carbocycles. The molecule has 4 nitrogen and oxygen atoms in total.